The molecule has 2 N–H and O–H groups in total. The van der Waals surface area contributed by atoms with Crippen molar-refractivity contribution in [2.45, 2.75) is 51.6 Å². The average Bonchev–Trinajstić information content (AvgIpc) is 2.46. The number of nitrogens with zero attached hydrogens (tertiary/aromatic N) is 1. The SMILES string of the molecule is CCC1CCC(N(C)c2ccc(CN)cc2F)CC1. The van der Waals surface area contributed by atoms with E-state index in [1.807, 2.05) is 19.2 Å². The Morgan fingerprint density at radius 1 is 1.26 bits per heavy atom. The summed E-state index contributed by atoms with van der Waals surface area (Å²) >= 11 is 0. The van der Waals surface area contributed by atoms with Crippen molar-refractivity contribution in [2.75, 3.05) is 11.9 Å². The van der Waals surface area contributed by atoms with Crippen LogP contribution < -0.4 is 10.6 Å². The number of halogens is 1. The van der Waals surface area contributed by atoms with Crippen LogP contribution in [0.25, 0.3) is 0 Å². The fourth-order valence-electron chi connectivity index (χ4n) is 3.10. The van der Waals surface area contributed by atoms with E-state index in [-0.39, 0.29) is 5.82 Å². The van der Waals surface area contributed by atoms with Crippen LogP contribution in [0.3, 0.4) is 0 Å². The van der Waals surface area contributed by atoms with Crippen LogP contribution in [-0.4, -0.2) is 13.1 Å². The maximum absolute atomic E-state index is 14.1. The van der Waals surface area contributed by atoms with E-state index in [4.69, 9.17) is 5.73 Å². The Kier molecular flexibility index (Phi) is 4.81. The highest BCUT2D eigenvalue weighted by atomic mass is 19.1. The molecule has 1 fully saturated rings. The second kappa shape index (κ2) is 6.38. The summed E-state index contributed by atoms with van der Waals surface area (Å²) in [5.74, 6) is 0.720. The van der Waals surface area contributed by atoms with Gasteiger partial charge in [-0.2, -0.15) is 0 Å². The standard InChI is InChI=1S/C16H25FN2/c1-3-12-4-7-14(8-5-12)19(2)16-9-6-13(11-18)10-15(16)17/h6,9-10,12,14H,3-5,7-8,11,18H2,1-2H3. The second-order valence-electron chi connectivity index (χ2n) is 5.68. The molecule has 1 aliphatic rings. The third kappa shape index (κ3) is 3.27. The minimum Gasteiger partial charge on any atom is -0.369 e. The van der Waals surface area contributed by atoms with E-state index in [9.17, 15) is 4.39 Å². The monoisotopic (exact) mass is 264 g/mol. The topological polar surface area (TPSA) is 29.3 Å². The molecule has 0 aromatic heterocycles. The molecule has 2 nitrogen and oxygen atoms in total. The predicted octanol–water partition coefficient (Wildman–Crippen LogP) is 3.69. The first-order chi connectivity index (χ1) is 9.15. The summed E-state index contributed by atoms with van der Waals surface area (Å²) in [6, 6.07) is 5.82. The van der Waals surface area contributed by atoms with Crippen LogP contribution in [0.5, 0.6) is 0 Å². The van der Waals surface area contributed by atoms with Gasteiger partial charge in [0.25, 0.3) is 0 Å². The number of anilines is 1. The van der Waals surface area contributed by atoms with Crippen molar-refractivity contribution in [3.05, 3.63) is 29.6 Å². The Balaban J connectivity index is 2.05. The average molecular weight is 264 g/mol. The van der Waals surface area contributed by atoms with Gasteiger partial charge in [-0.1, -0.05) is 19.4 Å². The fourth-order valence-corrected chi connectivity index (χ4v) is 3.10. The highest BCUT2D eigenvalue weighted by Crippen LogP contribution is 2.32. The Morgan fingerprint density at radius 3 is 2.47 bits per heavy atom. The molecular formula is C16H25FN2. The molecule has 1 aromatic rings. The van der Waals surface area contributed by atoms with Gasteiger partial charge in [0.05, 0.1) is 5.69 Å². The number of hydrogen-bond donors (Lipinski definition) is 1. The number of nitrogens with two attached hydrogens (primary N) is 1. The molecule has 19 heavy (non-hydrogen) atoms. The summed E-state index contributed by atoms with van der Waals surface area (Å²) in [4.78, 5) is 2.11. The van der Waals surface area contributed by atoms with Gasteiger partial charge in [0.15, 0.2) is 0 Å². The number of hydrogen-bond acceptors (Lipinski definition) is 2. The molecule has 1 aliphatic carbocycles. The lowest BCUT2D eigenvalue weighted by atomic mass is 9.84. The van der Waals surface area contributed by atoms with Gasteiger partial charge in [0.2, 0.25) is 0 Å². The van der Waals surface area contributed by atoms with Gasteiger partial charge in [-0.25, -0.2) is 4.39 Å². The molecule has 0 unspecified atom stereocenters. The first-order valence-electron chi connectivity index (χ1n) is 7.37. The van der Waals surface area contributed by atoms with Crippen molar-refractivity contribution >= 4 is 5.69 Å². The third-order valence-corrected chi connectivity index (χ3v) is 4.57. The summed E-state index contributed by atoms with van der Waals surface area (Å²) in [5.41, 5.74) is 7.09. The van der Waals surface area contributed by atoms with Crippen molar-refractivity contribution in [3.63, 3.8) is 0 Å². The largest absolute Gasteiger partial charge is 0.369 e. The van der Waals surface area contributed by atoms with Gasteiger partial charge in [0, 0.05) is 19.6 Å². The highest BCUT2D eigenvalue weighted by molar-refractivity contribution is 5.49. The summed E-state index contributed by atoms with van der Waals surface area (Å²) in [5, 5.41) is 0. The molecule has 0 amide bonds. The Hall–Kier alpha value is -1.09. The molecule has 2 rings (SSSR count). The molecule has 3 heteroatoms. The molecular weight excluding hydrogens is 239 g/mol. The normalized spacial score (nSPS) is 23.4. The molecule has 106 valence electrons. The summed E-state index contributed by atoms with van der Waals surface area (Å²) in [7, 11) is 2.01. The highest BCUT2D eigenvalue weighted by Gasteiger charge is 2.24. The van der Waals surface area contributed by atoms with E-state index >= 15 is 0 Å². The summed E-state index contributed by atoms with van der Waals surface area (Å²) in [6.45, 7) is 2.66. The van der Waals surface area contributed by atoms with E-state index < -0.39 is 0 Å². The lowest BCUT2D eigenvalue weighted by molar-refractivity contribution is 0.312. The molecule has 0 bridgehead atoms. The van der Waals surface area contributed by atoms with Crippen LogP contribution in [-0.2, 0) is 6.54 Å². The smallest absolute Gasteiger partial charge is 0.146 e. The summed E-state index contributed by atoms with van der Waals surface area (Å²) < 4.78 is 14.1. The lowest BCUT2D eigenvalue weighted by Gasteiger charge is -2.36. The van der Waals surface area contributed by atoms with Crippen molar-refractivity contribution in [2.24, 2.45) is 11.7 Å². The van der Waals surface area contributed by atoms with Crippen LogP contribution in [0, 0.1) is 11.7 Å². The zero-order valence-electron chi connectivity index (χ0n) is 12.0. The van der Waals surface area contributed by atoms with Crippen LogP contribution in [0.1, 0.15) is 44.6 Å². The van der Waals surface area contributed by atoms with Crippen molar-refractivity contribution in [1.82, 2.24) is 0 Å². The molecule has 0 heterocycles. The van der Waals surface area contributed by atoms with E-state index in [0.717, 1.165) is 11.5 Å². The first-order valence-corrected chi connectivity index (χ1v) is 7.37. The van der Waals surface area contributed by atoms with Gasteiger partial charge in [-0.15, -0.1) is 0 Å². The molecule has 0 radical (unpaired) electrons. The van der Waals surface area contributed by atoms with Gasteiger partial charge in [-0.05, 0) is 49.3 Å². The van der Waals surface area contributed by atoms with Crippen molar-refractivity contribution in [1.29, 1.82) is 0 Å². The van der Waals surface area contributed by atoms with Gasteiger partial charge < -0.3 is 10.6 Å². The third-order valence-electron chi connectivity index (χ3n) is 4.57. The number of rotatable bonds is 4. The van der Waals surface area contributed by atoms with E-state index in [1.165, 1.54) is 32.1 Å². The maximum Gasteiger partial charge on any atom is 0.146 e. The van der Waals surface area contributed by atoms with Gasteiger partial charge in [-0.3, -0.25) is 0 Å². The molecule has 0 saturated heterocycles. The zero-order chi connectivity index (χ0) is 13.8. The second-order valence-corrected chi connectivity index (χ2v) is 5.68. The Labute approximate surface area is 115 Å². The van der Waals surface area contributed by atoms with E-state index in [0.29, 0.717) is 18.3 Å². The van der Waals surface area contributed by atoms with E-state index in [1.54, 1.807) is 6.07 Å². The predicted molar refractivity (Wildman–Crippen MR) is 78.7 cm³/mol. The zero-order valence-corrected chi connectivity index (χ0v) is 12.0. The van der Waals surface area contributed by atoms with E-state index in [2.05, 4.69) is 11.8 Å². The van der Waals surface area contributed by atoms with Crippen LogP contribution >= 0.6 is 0 Å². The molecule has 0 atom stereocenters. The maximum atomic E-state index is 14.1. The Morgan fingerprint density at radius 2 is 1.95 bits per heavy atom. The minimum absolute atomic E-state index is 0.150. The molecule has 0 spiro atoms. The van der Waals surface area contributed by atoms with Crippen LogP contribution in [0.2, 0.25) is 0 Å². The fraction of sp³-hybridized carbons (Fsp3) is 0.625. The van der Waals surface area contributed by atoms with Gasteiger partial charge in [0.1, 0.15) is 5.82 Å². The quantitative estimate of drug-likeness (QED) is 0.898. The molecule has 1 aromatic carbocycles. The summed E-state index contributed by atoms with van der Waals surface area (Å²) in [6.07, 6.45) is 6.16. The van der Waals surface area contributed by atoms with Crippen molar-refractivity contribution < 1.29 is 4.39 Å². The first kappa shape index (κ1) is 14.3. The molecule has 0 aliphatic heterocycles. The molecule has 1 saturated carbocycles. The lowest BCUT2D eigenvalue weighted by Crippen LogP contribution is -2.35. The number of benzene rings is 1. The van der Waals surface area contributed by atoms with Crippen LogP contribution in [0.4, 0.5) is 10.1 Å². The van der Waals surface area contributed by atoms with Crippen molar-refractivity contribution in [3.8, 4) is 0 Å². The van der Waals surface area contributed by atoms with Crippen LogP contribution in [0.15, 0.2) is 18.2 Å². The Bertz CT molecular complexity index is 411. The van der Waals surface area contributed by atoms with Gasteiger partial charge >= 0.3 is 0 Å². The minimum atomic E-state index is -0.150.